The first-order valence-electron chi connectivity index (χ1n) is 11.9. The van der Waals surface area contributed by atoms with E-state index in [1.54, 1.807) is 39.0 Å². The third-order valence-electron chi connectivity index (χ3n) is 6.72. The standard InChI is InChI=1S/C26H29FN4O6S/c1-16(2)24(32)31-14-26(15-31,25(33)29-34)30(4)38(35,36)20-10-8-19(9-11-20)37-13-18-12-17(3)28-23-21(18)6-5-7-22(23)27/h5-12,16,34H,13-15H2,1-4H3,(H,29,33). The Morgan fingerprint density at radius 1 is 1.21 bits per heavy atom. The van der Waals surface area contributed by atoms with Crippen molar-refractivity contribution in [2.24, 2.45) is 5.92 Å². The number of hydroxylamine groups is 1. The number of ether oxygens (including phenoxy) is 1. The first-order valence-corrected chi connectivity index (χ1v) is 13.3. The lowest BCUT2D eigenvalue weighted by Crippen LogP contribution is -2.77. The molecule has 1 aliphatic heterocycles. The number of nitrogens with zero attached hydrogens (tertiary/aromatic N) is 3. The molecule has 38 heavy (non-hydrogen) atoms. The fourth-order valence-corrected chi connectivity index (χ4v) is 5.95. The van der Waals surface area contributed by atoms with Crippen molar-refractivity contribution in [3.8, 4) is 5.75 Å². The second kappa shape index (κ2) is 10.3. The molecule has 0 saturated carbocycles. The van der Waals surface area contributed by atoms with E-state index < -0.39 is 27.3 Å². The van der Waals surface area contributed by atoms with E-state index in [-0.39, 0.29) is 41.9 Å². The van der Waals surface area contributed by atoms with E-state index >= 15 is 0 Å². The number of sulfonamides is 1. The lowest BCUT2D eigenvalue weighted by molar-refractivity contribution is -0.158. The van der Waals surface area contributed by atoms with Crippen LogP contribution < -0.4 is 10.2 Å². The summed E-state index contributed by atoms with van der Waals surface area (Å²) < 4.78 is 47.7. The minimum absolute atomic E-state index is 0.0987. The molecule has 2 heterocycles. The first-order chi connectivity index (χ1) is 17.9. The number of halogens is 1. The summed E-state index contributed by atoms with van der Waals surface area (Å²) in [7, 11) is -2.95. The number of fused-ring (bicyclic) bond motifs is 1. The summed E-state index contributed by atoms with van der Waals surface area (Å²) in [4.78, 5) is 30.4. The minimum Gasteiger partial charge on any atom is -0.489 e. The van der Waals surface area contributed by atoms with Crippen molar-refractivity contribution < 1.29 is 32.3 Å². The summed E-state index contributed by atoms with van der Waals surface area (Å²) in [5, 5.41) is 9.90. The van der Waals surface area contributed by atoms with Crippen LogP contribution in [0, 0.1) is 18.7 Å². The number of benzene rings is 2. The van der Waals surface area contributed by atoms with Gasteiger partial charge in [-0.05, 0) is 43.3 Å². The van der Waals surface area contributed by atoms with E-state index in [2.05, 4.69) is 4.98 Å². The number of hydrogen-bond donors (Lipinski definition) is 2. The number of aryl methyl sites for hydroxylation is 1. The Labute approximate surface area is 220 Å². The molecule has 12 heteroatoms. The van der Waals surface area contributed by atoms with Gasteiger partial charge >= 0.3 is 0 Å². The van der Waals surface area contributed by atoms with Gasteiger partial charge < -0.3 is 9.64 Å². The van der Waals surface area contributed by atoms with Gasteiger partial charge in [0.05, 0.1) is 18.0 Å². The number of pyridine rings is 1. The third kappa shape index (κ3) is 4.82. The van der Waals surface area contributed by atoms with E-state index in [1.807, 2.05) is 0 Å². The molecule has 10 nitrogen and oxygen atoms in total. The summed E-state index contributed by atoms with van der Waals surface area (Å²) in [5.41, 5.74) is 1.50. The predicted octanol–water partition coefficient (Wildman–Crippen LogP) is 2.62. The quantitative estimate of drug-likeness (QED) is 0.329. The fraction of sp³-hybridized carbons (Fsp3) is 0.346. The highest BCUT2D eigenvalue weighted by Gasteiger charge is 2.57. The number of carbonyl (C=O) groups excluding carboxylic acids is 2. The van der Waals surface area contributed by atoms with Crippen LogP contribution in [0.25, 0.3) is 10.9 Å². The molecule has 1 fully saturated rings. The molecule has 2 aromatic carbocycles. The van der Waals surface area contributed by atoms with E-state index in [9.17, 15) is 27.6 Å². The topological polar surface area (TPSA) is 129 Å². The van der Waals surface area contributed by atoms with Gasteiger partial charge in [0.25, 0.3) is 5.91 Å². The molecule has 1 aromatic heterocycles. The molecule has 0 atom stereocenters. The third-order valence-corrected chi connectivity index (χ3v) is 8.66. The second-order valence-corrected chi connectivity index (χ2v) is 11.6. The van der Waals surface area contributed by atoms with Crippen molar-refractivity contribution in [3.05, 3.63) is 65.6 Å². The fourth-order valence-electron chi connectivity index (χ4n) is 4.50. The van der Waals surface area contributed by atoms with Gasteiger partial charge in [-0.1, -0.05) is 26.0 Å². The number of likely N-dealkylation sites (N-methyl/N-ethyl adjacent to an activating group) is 1. The smallest absolute Gasteiger partial charge is 0.268 e. The summed E-state index contributed by atoms with van der Waals surface area (Å²) in [6, 6.07) is 12.1. The second-order valence-electron chi connectivity index (χ2n) is 9.61. The number of amides is 2. The van der Waals surface area contributed by atoms with Crippen LogP contribution in [0.5, 0.6) is 5.75 Å². The van der Waals surface area contributed by atoms with Crippen molar-refractivity contribution in [2.45, 2.75) is 37.8 Å². The molecule has 0 unspecified atom stereocenters. The van der Waals surface area contributed by atoms with E-state index in [0.717, 1.165) is 9.87 Å². The molecular formula is C26H29FN4O6S. The highest BCUT2D eigenvalue weighted by atomic mass is 32.2. The van der Waals surface area contributed by atoms with Crippen molar-refractivity contribution in [1.29, 1.82) is 0 Å². The van der Waals surface area contributed by atoms with Gasteiger partial charge in [-0.2, -0.15) is 4.31 Å². The van der Waals surface area contributed by atoms with Gasteiger partial charge in [0, 0.05) is 29.6 Å². The van der Waals surface area contributed by atoms with Crippen LogP contribution in [-0.4, -0.2) is 65.3 Å². The van der Waals surface area contributed by atoms with Gasteiger partial charge in [0.2, 0.25) is 15.9 Å². The Morgan fingerprint density at radius 2 is 1.87 bits per heavy atom. The Kier molecular flexibility index (Phi) is 7.42. The van der Waals surface area contributed by atoms with Crippen LogP contribution in [0.2, 0.25) is 0 Å². The number of carbonyl (C=O) groups is 2. The molecule has 2 N–H and O–H groups in total. The largest absolute Gasteiger partial charge is 0.489 e. The summed E-state index contributed by atoms with van der Waals surface area (Å²) in [6.45, 7) is 4.90. The van der Waals surface area contributed by atoms with Crippen LogP contribution in [0.15, 0.2) is 53.4 Å². The molecule has 0 bridgehead atoms. The molecule has 1 saturated heterocycles. The van der Waals surface area contributed by atoms with Gasteiger partial charge in [-0.25, -0.2) is 18.3 Å². The van der Waals surface area contributed by atoms with Crippen LogP contribution in [0.3, 0.4) is 0 Å². The molecule has 0 radical (unpaired) electrons. The number of aromatic nitrogens is 1. The molecule has 0 aliphatic carbocycles. The Morgan fingerprint density at radius 3 is 2.47 bits per heavy atom. The van der Waals surface area contributed by atoms with E-state index in [4.69, 9.17) is 4.74 Å². The summed E-state index contributed by atoms with van der Waals surface area (Å²) >= 11 is 0. The van der Waals surface area contributed by atoms with Crippen molar-refractivity contribution in [2.75, 3.05) is 20.1 Å². The molecule has 2 amide bonds. The zero-order valence-corrected chi connectivity index (χ0v) is 22.3. The van der Waals surface area contributed by atoms with Crippen molar-refractivity contribution in [3.63, 3.8) is 0 Å². The average Bonchev–Trinajstić information content (AvgIpc) is 2.86. The number of likely N-dealkylation sites (tertiary alicyclic amines) is 1. The van der Waals surface area contributed by atoms with Gasteiger partial charge in [-0.15, -0.1) is 0 Å². The van der Waals surface area contributed by atoms with Gasteiger partial charge in [-0.3, -0.25) is 19.8 Å². The molecule has 3 aromatic rings. The number of hydrogen-bond acceptors (Lipinski definition) is 7. The maximum atomic E-state index is 14.2. The van der Waals surface area contributed by atoms with Crippen LogP contribution >= 0.6 is 0 Å². The highest BCUT2D eigenvalue weighted by Crippen LogP contribution is 2.33. The minimum atomic E-state index is -4.19. The molecule has 1 aliphatic rings. The monoisotopic (exact) mass is 544 g/mol. The van der Waals surface area contributed by atoms with Crippen LogP contribution in [0.1, 0.15) is 25.1 Å². The zero-order valence-electron chi connectivity index (χ0n) is 21.4. The Hall–Kier alpha value is -3.61. The van der Waals surface area contributed by atoms with E-state index in [1.165, 1.54) is 47.8 Å². The molecule has 0 spiro atoms. The average molecular weight is 545 g/mol. The molecule has 202 valence electrons. The lowest BCUT2D eigenvalue weighted by atomic mass is 9.88. The normalized spacial score (nSPS) is 15.0. The first kappa shape index (κ1) is 27.4. The van der Waals surface area contributed by atoms with Crippen molar-refractivity contribution >= 4 is 32.7 Å². The maximum Gasteiger partial charge on any atom is 0.268 e. The van der Waals surface area contributed by atoms with Gasteiger partial charge in [0.15, 0.2) is 5.54 Å². The van der Waals surface area contributed by atoms with E-state index in [0.29, 0.717) is 16.8 Å². The summed E-state index contributed by atoms with van der Waals surface area (Å²) in [5.74, 6) is -1.52. The maximum absolute atomic E-state index is 14.2. The lowest BCUT2D eigenvalue weighted by Gasteiger charge is -2.52. The molecule has 4 rings (SSSR count). The Bertz CT molecular complexity index is 1490. The van der Waals surface area contributed by atoms with Crippen molar-refractivity contribution in [1.82, 2.24) is 19.7 Å². The zero-order chi connectivity index (χ0) is 27.8. The summed E-state index contributed by atoms with van der Waals surface area (Å²) in [6.07, 6.45) is 0. The highest BCUT2D eigenvalue weighted by molar-refractivity contribution is 7.89. The number of para-hydroxylation sites is 1. The predicted molar refractivity (Wildman–Crippen MR) is 136 cm³/mol. The van der Waals surface area contributed by atoms with Gasteiger partial charge in [0.1, 0.15) is 23.7 Å². The molecular weight excluding hydrogens is 515 g/mol. The van der Waals surface area contributed by atoms with Crippen LogP contribution in [-0.2, 0) is 26.2 Å². The number of rotatable bonds is 8. The van der Waals surface area contributed by atoms with Crippen LogP contribution in [0.4, 0.5) is 4.39 Å². The Balaban J connectivity index is 1.52. The number of nitrogens with one attached hydrogen (secondary N) is 1. The SMILES string of the molecule is Cc1cc(COc2ccc(S(=O)(=O)N(C)C3(C(=O)NO)CN(C(=O)C(C)C)C3)cc2)c2cccc(F)c2n1.